The van der Waals surface area contributed by atoms with Crippen molar-refractivity contribution in [2.45, 2.75) is 39.2 Å². The molecule has 2 N–H and O–H groups in total. The zero-order chi connectivity index (χ0) is 15.7. The summed E-state index contributed by atoms with van der Waals surface area (Å²) in [5, 5.41) is 14.6. The summed E-state index contributed by atoms with van der Waals surface area (Å²) in [4.78, 5) is 0. The van der Waals surface area contributed by atoms with Crippen LogP contribution < -0.4 is 5.43 Å². The lowest BCUT2D eigenvalue weighted by Gasteiger charge is -2.15. The second-order valence-corrected chi connectivity index (χ2v) is 6.28. The van der Waals surface area contributed by atoms with Crippen LogP contribution in [0.15, 0.2) is 47.6 Å². The minimum absolute atomic E-state index is 0.0370. The van der Waals surface area contributed by atoms with E-state index in [4.69, 9.17) is 0 Å². The molecule has 3 rings (SSSR count). The van der Waals surface area contributed by atoms with E-state index in [2.05, 4.69) is 61.6 Å². The van der Waals surface area contributed by atoms with Gasteiger partial charge in [0.1, 0.15) is 5.75 Å². The number of hydrogen-bond donors (Lipinski definition) is 2. The summed E-state index contributed by atoms with van der Waals surface area (Å²) in [6.45, 7) is 6.40. The summed E-state index contributed by atoms with van der Waals surface area (Å²) in [5.74, 6) is 0.778. The molecule has 0 fully saturated rings. The predicted octanol–water partition coefficient (Wildman–Crippen LogP) is 4.26. The third-order valence-electron chi connectivity index (χ3n) is 4.23. The van der Waals surface area contributed by atoms with Crippen LogP contribution in [0.5, 0.6) is 5.75 Å². The third kappa shape index (κ3) is 2.84. The van der Waals surface area contributed by atoms with Crippen LogP contribution in [0.2, 0.25) is 0 Å². The number of phenols is 1. The van der Waals surface area contributed by atoms with Gasteiger partial charge in [-0.1, -0.05) is 49.7 Å². The molecule has 2 aromatic rings. The highest BCUT2D eigenvalue weighted by Crippen LogP contribution is 2.33. The molecule has 0 saturated heterocycles. The first-order valence-electron chi connectivity index (χ1n) is 7.76. The molecular formula is C19H22N2O. The predicted molar refractivity (Wildman–Crippen MR) is 90.4 cm³/mol. The molecule has 3 nitrogen and oxygen atoms in total. The average molecular weight is 294 g/mol. The van der Waals surface area contributed by atoms with Crippen LogP contribution in [-0.2, 0) is 0 Å². The Kier molecular flexibility index (Phi) is 3.88. The molecule has 0 aliphatic carbocycles. The van der Waals surface area contributed by atoms with Crippen LogP contribution in [0.4, 0.5) is 0 Å². The highest BCUT2D eigenvalue weighted by Gasteiger charge is 2.24. The van der Waals surface area contributed by atoms with Crippen molar-refractivity contribution in [3.05, 3.63) is 64.7 Å². The van der Waals surface area contributed by atoms with E-state index < -0.39 is 0 Å². The zero-order valence-corrected chi connectivity index (χ0v) is 13.3. The van der Waals surface area contributed by atoms with Crippen molar-refractivity contribution in [1.29, 1.82) is 0 Å². The molecule has 1 aliphatic heterocycles. The molecule has 0 aromatic heterocycles. The third-order valence-corrected chi connectivity index (χ3v) is 4.23. The van der Waals surface area contributed by atoms with Crippen LogP contribution in [0, 0.1) is 6.92 Å². The van der Waals surface area contributed by atoms with Crippen LogP contribution >= 0.6 is 0 Å². The van der Waals surface area contributed by atoms with Crippen LogP contribution in [0.1, 0.15) is 54.5 Å². The number of aromatic hydroxyl groups is 1. The maximum atomic E-state index is 10.2. The standard InChI is InChI=1S/C19H22N2O/c1-12(2)15-8-9-19(22)16(10-15)18-11-17(20-21-18)14-6-4-13(3)5-7-14/h4-10,12,18,21-22H,11H2,1-3H3. The maximum absolute atomic E-state index is 10.2. The number of benzene rings is 2. The van der Waals surface area contributed by atoms with Gasteiger partial charge >= 0.3 is 0 Å². The molecule has 114 valence electrons. The lowest BCUT2D eigenvalue weighted by atomic mass is 9.94. The number of phenolic OH excluding ortho intramolecular Hbond substituents is 1. The molecule has 22 heavy (non-hydrogen) atoms. The Labute approximate surface area is 131 Å². The Morgan fingerprint density at radius 3 is 2.55 bits per heavy atom. The smallest absolute Gasteiger partial charge is 0.120 e. The quantitative estimate of drug-likeness (QED) is 0.888. The summed E-state index contributed by atoms with van der Waals surface area (Å²) in [7, 11) is 0. The van der Waals surface area contributed by atoms with Gasteiger partial charge in [-0.2, -0.15) is 5.10 Å². The maximum Gasteiger partial charge on any atom is 0.120 e. The van der Waals surface area contributed by atoms with Crippen LogP contribution in [0.3, 0.4) is 0 Å². The van der Waals surface area contributed by atoms with Gasteiger partial charge in [0.25, 0.3) is 0 Å². The van der Waals surface area contributed by atoms with Gasteiger partial charge in [0.2, 0.25) is 0 Å². The molecule has 3 heteroatoms. The molecule has 0 amide bonds. The van der Waals surface area contributed by atoms with Crippen molar-refractivity contribution in [3.8, 4) is 5.75 Å². The molecule has 0 saturated carbocycles. The number of nitrogens with zero attached hydrogens (tertiary/aromatic N) is 1. The number of hydrogen-bond acceptors (Lipinski definition) is 3. The summed E-state index contributed by atoms with van der Waals surface area (Å²) in [6.07, 6.45) is 0.790. The molecule has 1 unspecified atom stereocenters. The number of aryl methyl sites for hydroxylation is 1. The van der Waals surface area contributed by atoms with E-state index in [1.165, 1.54) is 11.1 Å². The first-order chi connectivity index (χ1) is 10.5. The summed E-state index contributed by atoms with van der Waals surface area (Å²) < 4.78 is 0. The van der Waals surface area contributed by atoms with Gasteiger partial charge in [-0.15, -0.1) is 0 Å². The Balaban J connectivity index is 1.82. The Morgan fingerprint density at radius 1 is 1.14 bits per heavy atom. The second kappa shape index (κ2) is 5.84. The van der Waals surface area contributed by atoms with Crippen molar-refractivity contribution in [2.24, 2.45) is 5.10 Å². The minimum Gasteiger partial charge on any atom is -0.508 e. The first-order valence-corrected chi connectivity index (χ1v) is 7.76. The SMILES string of the molecule is Cc1ccc(C2=NNC(c3cc(C(C)C)ccc3O)C2)cc1. The molecule has 1 heterocycles. The molecule has 1 atom stereocenters. The van der Waals surface area contributed by atoms with E-state index in [1.807, 2.05) is 6.07 Å². The van der Waals surface area contributed by atoms with Gasteiger partial charge in [-0.3, -0.25) is 0 Å². The number of nitrogens with one attached hydrogen (secondary N) is 1. The van der Waals surface area contributed by atoms with E-state index in [0.29, 0.717) is 11.7 Å². The topological polar surface area (TPSA) is 44.6 Å². The monoisotopic (exact) mass is 294 g/mol. The summed E-state index contributed by atoms with van der Waals surface area (Å²) in [6, 6.07) is 14.3. The van der Waals surface area contributed by atoms with Gasteiger partial charge in [-0.05, 0) is 36.1 Å². The molecule has 0 spiro atoms. The second-order valence-electron chi connectivity index (χ2n) is 6.28. The van der Waals surface area contributed by atoms with Crippen LogP contribution in [0.25, 0.3) is 0 Å². The van der Waals surface area contributed by atoms with E-state index in [0.717, 1.165) is 23.3 Å². The Hall–Kier alpha value is -2.29. The highest BCUT2D eigenvalue weighted by atomic mass is 16.3. The zero-order valence-electron chi connectivity index (χ0n) is 13.3. The van der Waals surface area contributed by atoms with Crippen molar-refractivity contribution in [1.82, 2.24) is 5.43 Å². The van der Waals surface area contributed by atoms with E-state index in [1.54, 1.807) is 6.07 Å². The average Bonchev–Trinajstić information content (AvgIpc) is 2.98. The van der Waals surface area contributed by atoms with Gasteiger partial charge < -0.3 is 10.5 Å². The van der Waals surface area contributed by atoms with Crippen molar-refractivity contribution in [3.63, 3.8) is 0 Å². The van der Waals surface area contributed by atoms with E-state index in [9.17, 15) is 5.11 Å². The molecule has 0 radical (unpaired) electrons. The summed E-state index contributed by atoms with van der Waals surface area (Å²) >= 11 is 0. The molecule has 0 bridgehead atoms. The lowest BCUT2D eigenvalue weighted by molar-refractivity contribution is 0.455. The van der Waals surface area contributed by atoms with Gasteiger partial charge in [0.05, 0.1) is 11.8 Å². The van der Waals surface area contributed by atoms with Crippen LogP contribution in [-0.4, -0.2) is 10.8 Å². The van der Waals surface area contributed by atoms with Crippen molar-refractivity contribution in [2.75, 3.05) is 0 Å². The fraction of sp³-hybridized carbons (Fsp3) is 0.316. The molecule has 2 aromatic carbocycles. The Morgan fingerprint density at radius 2 is 1.86 bits per heavy atom. The summed E-state index contributed by atoms with van der Waals surface area (Å²) in [5.41, 5.74) is 8.76. The molecule has 1 aliphatic rings. The lowest BCUT2D eigenvalue weighted by Crippen LogP contribution is -2.10. The van der Waals surface area contributed by atoms with Gasteiger partial charge in [0, 0.05) is 12.0 Å². The number of rotatable bonds is 3. The number of hydrazone groups is 1. The van der Waals surface area contributed by atoms with E-state index in [-0.39, 0.29) is 6.04 Å². The minimum atomic E-state index is 0.0370. The molecular weight excluding hydrogens is 272 g/mol. The van der Waals surface area contributed by atoms with Crippen molar-refractivity contribution >= 4 is 5.71 Å². The van der Waals surface area contributed by atoms with Crippen molar-refractivity contribution < 1.29 is 5.11 Å². The highest BCUT2D eigenvalue weighted by molar-refractivity contribution is 6.01. The fourth-order valence-corrected chi connectivity index (χ4v) is 2.76. The first kappa shape index (κ1) is 14.6. The van der Waals surface area contributed by atoms with E-state index >= 15 is 0 Å². The van der Waals surface area contributed by atoms with Gasteiger partial charge in [-0.25, -0.2) is 0 Å². The normalized spacial score (nSPS) is 17.5. The fourth-order valence-electron chi connectivity index (χ4n) is 2.76. The Bertz CT molecular complexity index is 702. The largest absolute Gasteiger partial charge is 0.508 e. The van der Waals surface area contributed by atoms with Gasteiger partial charge in [0.15, 0.2) is 0 Å².